The first-order valence-corrected chi connectivity index (χ1v) is 8.69. The Labute approximate surface area is 143 Å². The first-order chi connectivity index (χ1) is 11.6. The molecule has 0 aliphatic carbocycles. The monoisotopic (exact) mass is 320 g/mol. The van der Waals surface area contributed by atoms with Crippen molar-refractivity contribution in [1.29, 1.82) is 0 Å². The SMILES string of the molecule is CC1(C)C[C@@H](NCCc2c[nH]c3ccccc23)c2ccccc2O1. The topological polar surface area (TPSA) is 37.0 Å². The van der Waals surface area contributed by atoms with Gasteiger partial charge in [-0.3, -0.25) is 0 Å². The molecule has 2 aromatic carbocycles. The summed E-state index contributed by atoms with van der Waals surface area (Å²) in [7, 11) is 0. The Kier molecular flexibility index (Phi) is 3.81. The summed E-state index contributed by atoms with van der Waals surface area (Å²) in [5.74, 6) is 1.01. The zero-order valence-corrected chi connectivity index (χ0v) is 14.3. The number of H-pyrrole nitrogens is 1. The van der Waals surface area contributed by atoms with Gasteiger partial charge < -0.3 is 15.0 Å². The van der Waals surface area contributed by atoms with Crippen molar-refractivity contribution >= 4 is 10.9 Å². The van der Waals surface area contributed by atoms with E-state index in [1.54, 1.807) is 0 Å². The molecule has 3 nitrogen and oxygen atoms in total. The second kappa shape index (κ2) is 5.99. The minimum Gasteiger partial charge on any atom is -0.487 e. The van der Waals surface area contributed by atoms with Crippen LogP contribution in [0.15, 0.2) is 54.7 Å². The van der Waals surface area contributed by atoms with Gasteiger partial charge in [-0.2, -0.15) is 0 Å². The molecule has 4 rings (SSSR count). The number of ether oxygens (including phenoxy) is 1. The molecule has 0 spiro atoms. The van der Waals surface area contributed by atoms with Crippen LogP contribution >= 0.6 is 0 Å². The van der Waals surface area contributed by atoms with Gasteiger partial charge in [-0.15, -0.1) is 0 Å². The van der Waals surface area contributed by atoms with Crippen molar-refractivity contribution in [1.82, 2.24) is 10.3 Å². The molecule has 3 aromatic rings. The maximum atomic E-state index is 6.11. The normalized spacial score (nSPS) is 19.0. The molecular weight excluding hydrogens is 296 g/mol. The Morgan fingerprint density at radius 3 is 2.83 bits per heavy atom. The third kappa shape index (κ3) is 2.92. The first-order valence-electron chi connectivity index (χ1n) is 8.69. The Balaban J connectivity index is 1.48. The van der Waals surface area contributed by atoms with Gasteiger partial charge in [0.05, 0.1) is 0 Å². The summed E-state index contributed by atoms with van der Waals surface area (Å²) < 4.78 is 6.11. The number of hydrogen-bond acceptors (Lipinski definition) is 2. The number of para-hydroxylation sites is 2. The second-order valence-electron chi connectivity index (χ2n) is 7.22. The lowest BCUT2D eigenvalue weighted by Gasteiger charge is -2.38. The fourth-order valence-electron chi connectivity index (χ4n) is 3.70. The summed E-state index contributed by atoms with van der Waals surface area (Å²) in [6.07, 6.45) is 4.13. The van der Waals surface area contributed by atoms with Crippen molar-refractivity contribution in [2.75, 3.05) is 6.54 Å². The average Bonchev–Trinajstić information content (AvgIpc) is 2.97. The molecule has 0 amide bonds. The van der Waals surface area contributed by atoms with Crippen molar-refractivity contribution in [3.05, 3.63) is 65.9 Å². The lowest BCUT2D eigenvalue weighted by molar-refractivity contribution is 0.0662. The molecule has 2 heterocycles. The third-order valence-electron chi connectivity index (χ3n) is 4.84. The molecule has 2 N–H and O–H groups in total. The van der Waals surface area contributed by atoms with Crippen LogP contribution in [0.2, 0.25) is 0 Å². The van der Waals surface area contributed by atoms with Crippen LogP contribution < -0.4 is 10.1 Å². The fraction of sp³-hybridized carbons (Fsp3) is 0.333. The Bertz CT molecular complexity index is 850. The van der Waals surface area contributed by atoms with E-state index in [0.29, 0.717) is 6.04 Å². The molecule has 1 aliphatic rings. The van der Waals surface area contributed by atoms with Crippen LogP contribution in [0.1, 0.15) is 37.4 Å². The molecule has 3 heteroatoms. The van der Waals surface area contributed by atoms with Gasteiger partial charge in [0.25, 0.3) is 0 Å². The van der Waals surface area contributed by atoms with Gasteiger partial charge >= 0.3 is 0 Å². The van der Waals surface area contributed by atoms with Crippen molar-refractivity contribution in [2.24, 2.45) is 0 Å². The predicted molar refractivity (Wildman–Crippen MR) is 98.5 cm³/mol. The van der Waals surface area contributed by atoms with Gasteiger partial charge in [0, 0.05) is 35.1 Å². The summed E-state index contributed by atoms with van der Waals surface area (Å²) in [6.45, 7) is 5.28. The van der Waals surface area contributed by atoms with Crippen LogP contribution in [0.3, 0.4) is 0 Å². The first kappa shape index (κ1) is 15.3. The van der Waals surface area contributed by atoms with Gasteiger partial charge in [-0.05, 0) is 44.5 Å². The van der Waals surface area contributed by atoms with Gasteiger partial charge in [0.1, 0.15) is 11.4 Å². The van der Waals surface area contributed by atoms with Crippen molar-refractivity contribution in [2.45, 2.75) is 38.3 Å². The largest absolute Gasteiger partial charge is 0.487 e. The van der Waals surface area contributed by atoms with Gasteiger partial charge in [-0.25, -0.2) is 0 Å². The Morgan fingerprint density at radius 1 is 1.12 bits per heavy atom. The van der Waals surface area contributed by atoms with E-state index in [0.717, 1.165) is 25.1 Å². The zero-order chi connectivity index (χ0) is 16.6. The van der Waals surface area contributed by atoms with Crippen molar-refractivity contribution in [3.63, 3.8) is 0 Å². The summed E-state index contributed by atoms with van der Waals surface area (Å²) in [4.78, 5) is 3.36. The molecule has 0 radical (unpaired) electrons. The molecular formula is C21H24N2O. The van der Waals surface area contributed by atoms with Crippen molar-refractivity contribution < 1.29 is 4.74 Å². The quantitative estimate of drug-likeness (QED) is 0.737. The van der Waals surface area contributed by atoms with Crippen LogP contribution in [0, 0.1) is 0 Å². The lowest BCUT2D eigenvalue weighted by atomic mass is 9.89. The van der Waals surface area contributed by atoms with Gasteiger partial charge in [0.2, 0.25) is 0 Å². The predicted octanol–water partition coefficient (Wildman–Crippen LogP) is 4.60. The summed E-state index contributed by atoms with van der Waals surface area (Å²) >= 11 is 0. The van der Waals surface area contributed by atoms with E-state index in [9.17, 15) is 0 Å². The van der Waals surface area contributed by atoms with E-state index in [-0.39, 0.29) is 5.60 Å². The molecule has 24 heavy (non-hydrogen) atoms. The highest BCUT2D eigenvalue weighted by Gasteiger charge is 2.33. The Hall–Kier alpha value is -2.26. The molecule has 0 fully saturated rings. The van der Waals surface area contributed by atoms with Crippen molar-refractivity contribution in [3.8, 4) is 5.75 Å². The number of fused-ring (bicyclic) bond motifs is 2. The highest BCUT2D eigenvalue weighted by Crippen LogP contribution is 2.39. The minimum atomic E-state index is -0.132. The minimum absolute atomic E-state index is 0.132. The van der Waals surface area contributed by atoms with E-state index < -0.39 is 0 Å². The standard InChI is InChI=1S/C21H24N2O/c1-21(2)13-19(17-8-4-6-10-20(17)24-21)22-12-11-15-14-23-18-9-5-3-7-16(15)18/h3-10,14,19,22-23H,11-13H2,1-2H3/t19-/m1/s1. The van der Waals surface area contributed by atoms with E-state index in [2.05, 4.69) is 72.8 Å². The highest BCUT2D eigenvalue weighted by atomic mass is 16.5. The summed E-state index contributed by atoms with van der Waals surface area (Å²) in [5, 5.41) is 5.07. The van der Waals surface area contributed by atoms with E-state index >= 15 is 0 Å². The second-order valence-corrected chi connectivity index (χ2v) is 7.22. The molecule has 1 aromatic heterocycles. The average molecular weight is 320 g/mol. The molecule has 0 bridgehead atoms. The van der Waals surface area contributed by atoms with E-state index in [1.807, 2.05) is 6.07 Å². The number of nitrogens with one attached hydrogen (secondary N) is 2. The number of benzene rings is 2. The zero-order valence-electron chi connectivity index (χ0n) is 14.3. The molecule has 1 aliphatic heterocycles. The number of hydrogen-bond donors (Lipinski definition) is 2. The lowest BCUT2D eigenvalue weighted by Crippen LogP contribution is -2.39. The van der Waals surface area contributed by atoms with Gasteiger partial charge in [-0.1, -0.05) is 36.4 Å². The van der Waals surface area contributed by atoms with Crippen LogP contribution in [-0.2, 0) is 6.42 Å². The third-order valence-corrected chi connectivity index (χ3v) is 4.84. The summed E-state index contributed by atoms with van der Waals surface area (Å²) in [6, 6.07) is 17.2. The van der Waals surface area contributed by atoms with Crippen LogP contribution in [0.25, 0.3) is 10.9 Å². The maximum Gasteiger partial charge on any atom is 0.124 e. The smallest absolute Gasteiger partial charge is 0.124 e. The summed E-state index contributed by atoms with van der Waals surface area (Å²) in [5.41, 5.74) is 3.73. The molecule has 0 saturated heterocycles. The molecule has 124 valence electrons. The van der Waals surface area contributed by atoms with Crippen LogP contribution in [0.4, 0.5) is 0 Å². The molecule has 0 unspecified atom stereocenters. The van der Waals surface area contributed by atoms with E-state index in [1.165, 1.54) is 22.0 Å². The van der Waals surface area contributed by atoms with Crippen LogP contribution in [0.5, 0.6) is 5.75 Å². The maximum absolute atomic E-state index is 6.11. The Morgan fingerprint density at radius 2 is 1.92 bits per heavy atom. The number of rotatable bonds is 4. The highest BCUT2D eigenvalue weighted by molar-refractivity contribution is 5.83. The number of aromatic nitrogens is 1. The van der Waals surface area contributed by atoms with Gasteiger partial charge in [0.15, 0.2) is 0 Å². The molecule has 0 saturated carbocycles. The van der Waals surface area contributed by atoms with Crippen LogP contribution in [-0.4, -0.2) is 17.1 Å². The molecule has 1 atom stereocenters. The number of aromatic amines is 1. The fourth-order valence-corrected chi connectivity index (χ4v) is 3.70. The van der Waals surface area contributed by atoms with E-state index in [4.69, 9.17) is 4.74 Å².